The summed E-state index contributed by atoms with van der Waals surface area (Å²) in [7, 11) is 0. The van der Waals surface area contributed by atoms with E-state index < -0.39 is 0 Å². The van der Waals surface area contributed by atoms with Crippen LogP contribution in [-0.2, 0) is 9.53 Å². The lowest BCUT2D eigenvalue weighted by molar-refractivity contribution is -0.115. The predicted molar refractivity (Wildman–Crippen MR) is 76.5 cm³/mol. The summed E-state index contributed by atoms with van der Waals surface area (Å²) in [5.41, 5.74) is 0.643. The van der Waals surface area contributed by atoms with Crippen LogP contribution in [0.3, 0.4) is 0 Å². The van der Waals surface area contributed by atoms with Crippen LogP contribution < -0.4 is 10.6 Å². The Balaban J connectivity index is 1.68. The molecule has 5 heteroatoms. The van der Waals surface area contributed by atoms with Crippen molar-refractivity contribution in [2.24, 2.45) is 0 Å². The summed E-state index contributed by atoms with van der Waals surface area (Å²) in [6.07, 6.45) is 3.66. The summed E-state index contributed by atoms with van der Waals surface area (Å²) in [4.78, 5) is 11.7. The Hall–Kier alpha value is -1.10. The zero-order valence-electron chi connectivity index (χ0n) is 10.8. The molecule has 1 amide bonds. The fourth-order valence-corrected chi connectivity index (χ4v) is 2.26. The van der Waals surface area contributed by atoms with Gasteiger partial charge in [0, 0.05) is 13.2 Å². The van der Waals surface area contributed by atoms with Crippen molar-refractivity contribution in [2.45, 2.75) is 25.4 Å². The van der Waals surface area contributed by atoms with Gasteiger partial charge in [0.25, 0.3) is 0 Å². The number of nitrogens with one attached hydrogen (secondary N) is 2. The van der Waals surface area contributed by atoms with E-state index in [2.05, 4.69) is 10.6 Å². The predicted octanol–water partition coefficient (Wildman–Crippen LogP) is 2.44. The molecular weight excluding hydrogens is 264 g/mol. The van der Waals surface area contributed by atoms with Gasteiger partial charge in [-0.25, -0.2) is 0 Å². The average Bonchev–Trinajstić information content (AvgIpc) is 2.43. The van der Waals surface area contributed by atoms with Gasteiger partial charge in [-0.05, 0) is 31.4 Å². The molecule has 1 heterocycles. The molecule has 1 aliphatic heterocycles. The summed E-state index contributed by atoms with van der Waals surface area (Å²) < 4.78 is 5.58. The fraction of sp³-hybridized carbons (Fsp3) is 0.500. The smallest absolute Gasteiger partial charge is 0.238 e. The second-order valence-corrected chi connectivity index (χ2v) is 5.05. The number of amides is 1. The molecule has 104 valence electrons. The Morgan fingerprint density at radius 1 is 1.37 bits per heavy atom. The van der Waals surface area contributed by atoms with Crippen molar-refractivity contribution < 1.29 is 9.53 Å². The highest BCUT2D eigenvalue weighted by atomic mass is 35.5. The molecule has 0 bridgehead atoms. The number of hydrogen-bond acceptors (Lipinski definition) is 3. The SMILES string of the molecule is O=C(CNCC1CCCCO1)Nc1ccccc1Cl. The number of rotatable bonds is 5. The highest BCUT2D eigenvalue weighted by Crippen LogP contribution is 2.20. The summed E-state index contributed by atoms with van der Waals surface area (Å²) in [5.74, 6) is -0.0936. The van der Waals surface area contributed by atoms with Crippen molar-refractivity contribution in [3.63, 3.8) is 0 Å². The number of para-hydroxylation sites is 1. The molecule has 0 aliphatic carbocycles. The molecule has 1 aliphatic rings. The van der Waals surface area contributed by atoms with Crippen molar-refractivity contribution in [3.05, 3.63) is 29.3 Å². The van der Waals surface area contributed by atoms with Crippen LogP contribution >= 0.6 is 11.6 Å². The van der Waals surface area contributed by atoms with Crippen LogP contribution in [0.25, 0.3) is 0 Å². The van der Waals surface area contributed by atoms with E-state index in [-0.39, 0.29) is 18.6 Å². The van der Waals surface area contributed by atoms with Gasteiger partial charge in [-0.3, -0.25) is 4.79 Å². The Bertz CT molecular complexity index is 420. The second kappa shape index (κ2) is 7.48. The third kappa shape index (κ3) is 4.82. The van der Waals surface area contributed by atoms with Gasteiger partial charge in [0.15, 0.2) is 0 Å². The normalized spacial score (nSPS) is 19.1. The van der Waals surface area contributed by atoms with Gasteiger partial charge < -0.3 is 15.4 Å². The molecule has 2 N–H and O–H groups in total. The van der Waals surface area contributed by atoms with Crippen LogP contribution in [0, 0.1) is 0 Å². The van der Waals surface area contributed by atoms with Gasteiger partial charge in [-0.2, -0.15) is 0 Å². The lowest BCUT2D eigenvalue weighted by Gasteiger charge is -2.22. The van der Waals surface area contributed by atoms with E-state index in [1.165, 1.54) is 6.42 Å². The van der Waals surface area contributed by atoms with E-state index >= 15 is 0 Å². The number of hydrogen-bond donors (Lipinski definition) is 2. The summed E-state index contributed by atoms with van der Waals surface area (Å²) in [5, 5.41) is 6.44. The molecule has 0 radical (unpaired) electrons. The van der Waals surface area contributed by atoms with E-state index in [1.54, 1.807) is 12.1 Å². The molecule has 2 rings (SSSR count). The van der Waals surface area contributed by atoms with E-state index in [0.29, 0.717) is 10.7 Å². The van der Waals surface area contributed by atoms with Gasteiger partial charge in [0.05, 0.1) is 23.4 Å². The van der Waals surface area contributed by atoms with Crippen molar-refractivity contribution in [1.82, 2.24) is 5.32 Å². The van der Waals surface area contributed by atoms with E-state index in [1.807, 2.05) is 12.1 Å². The van der Waals surface area contributed by atoms with Crippen LogP contribution in [0.2, 0.25) is 5.02 Å². The molecule has 0 aromatic heterocycles. The molecule has 0 saturated carbocycles. The summed E-state index contributed by atoms with van der Waals surface area (Å²) in [6.45, 7) is 1.82. The minimum absolute atomic E-state index is 0.0936. The number of carbonyl (C=O) groups is 1. The monoisotopic (exact) mass is 282 g/mol. The van der Waals surface area contributed by atoms with E-state index in [9.17, 15) is 4.79 Å². The molecule has 1 aromatic carbocycles. The Labute approximate surface area is 118 Å². The molecule has 19 heavy (non-hydrogen) atoms. The number of benzene rings is 1. The summed E-state index contributed by atoms with van der Waals surface area (Å²) in [6, 6.07) is 7.20. The van der Waals surface area contributed by atoms with E-state index in [4.69, 9.17) is 16.3 Å². The highest BCUT2D eigenvalue weighted by Gasteiger charge is 2.13. The van der Waals surface area contributed by atoms with Crippen molar-refractivity contribution in [3.8, 4) is 0 Å². The lowest BCUT2D eigenvalue weighted by Crippen LogP contribution is -2.36. The highest BCUT2D eigenvalue weighted by molar-refractivity contribution is 6.33. The molecule has 1 aromatic rings. The van der Waals surface area contributed by atoms with Crippen LogP contribution in [0.5, 0.6) is 0 Å². The molecule has 0 spiro atoms. The molecule has 1 saturated heterocycles. The standard InChI is InChI=1S/C14H19ClN2O2/c15-12-6-1-2-7-13(12)17-14(18)10-16-9-11-5-3-4-8-19-11/h1-2,6-7,11,16H,3-5,8-10H2,(H,17,18). The Kier molecular flexibility index (Phi) is 5.63. The number of ether oxygens (including phenoxy) is 1. The molecule has 1 unspecified atom stereocenters. The summed E-state index contributed by atoms with van der Waals surface area (Å²) >= 11 is 5.97. The zero-order chi connectivity index (χ0) is 13.5. The lowest BCUT2D eigenvalue weighted by atomic mass is 10.1. The minimum atomic E-state index is -0.0936. The maximum absolute atomic E-state index is 11.7. The molecule has 1 fully saturated rings. The van der Waals surface area contributed by atoms with Crippen LogP contribution in [0.15, 0.2) is 24.3 Å². The minimum Gasteiger partial charge on any atom is -0.377 e. The maximum atomic E-state index is 11.7. The van der Waals surface area contributed by atoms with Gasteiger partial charge in [-0.15, -0.1) is 0 Å². The van der Waals surface area contributed by atoms with Gasteiger partial charge >= 0.3 is 0 Å². The third-order valence-electron chi connectivity index (χ3n) is 3.08. The van der Waals surface area contributed by atoms with Crippen molar-refractivity contribution in [1.29, 1.82) is 0 Å². The van der Waals surface area contributed by atoms with Gasteiger partial charge in [0.1, 0.15) is 0 Å². The maximum Gasteiger partial charge on any atom is 0.238 e. The number of halogens is 1. The Morgan fingerprint density at radius 2 is 2.21 bits per heavy atom. The van der Waals surface area contributed by atoms with Crippen LogP contribution in [-0.4, -0.2) is 31.7 Å². The van der Waals surface area contributed by atoms with Crippen molar-refractivity contribution >= 4 is 23.2 Å². The largest absolute Gasteiger partial charge is 0.377 e. The first kappa shape index (κ1) is 14.3. The first-order valence-corrected chi connectivity index (χ1v) is 7.00. The zero-order valence-corrected chi connectivity index (χ0v) is 11.6. The van der Waals surface area contributed by atoms with Gasteiger partial charge in [0.2, 0.25) is 5.91 Å². The first-order valence-electron chi connectivity index (χ1n) is 6.62. The molecule has 1 atom stereocenters. The van der Waals surface area contributed by atoms with E-state index in [0.717, 1.165) is 26.0 Å². The fourth-order valence-electron chi connectivity index (χ4n) is 2.07. The quantitative estimate of drug-likeness (QED) is 0.872. The average molecular weight is 283 g/mol. The molecular formula is C14H19ClN2O2. The topological polar surface area (TPSA) is 50.4 Å². The first-order chi connectivity index (χ1) is 9.25. The van der Waals surface area contributed by atoms with Crippen molar-refractivity contribution in [2.75, 3.05) is 25.0 Å². The van der Waals surface area contributed by atoms with Gasteiger partial charge in [-0.1, -0.05) is 23.7 Å². The third-order valence-corrected chi connectivity index (χ3v) is 3.41. The Morgan fingerprint density at radius 3 is 2.95 bits per heavy atom. The number of carbonyl (C=O) groups excluding carboxylic acids is 1. The van der Waals surface area contributed by atoms with Crippen LogP contribution in [0.4, 0.5) is 5.69 Å². The van der Waals surface area contributed by atoms with Crippen LogP contribution in [0.1, 0.15) is 19.3 Å². The second-order valence-electron chi connectivity index (χ2n) is 4.65. The number of anilines is 1. The molecule has 4 nitrogen and oxygen atoms in total.